The van der Waals surface area contributed by atoms with Crippen LogP contribution >= 0.6 is 0 Å². The summed E-state index contributed by atoms with van der Waals surface area (Å²) in [5.41, 5.74) is 2.72. The molecule has 0 spiro atoms. The Balaban J connectivity index is 0.000000741. The van der Waals surface area contributed by atoms with Crippen LogP contribution in [0.3, 0.4) is 0 Å². The van der Waals surface area contributed by atoms with Crippen LogP contribution in [0.25, 0.3) is 0 Å². The molecule has 0 heterocycles. The minimum Gasteiger partial charge on any atom is -0.481 e. The Labute approximate surface area is 258 Å². The maximum atomic E-state index is 11.6. The van der Waals surface area contributed by atoms with E-state index in [2.05, 4.69) is 5.32 Å². The van der Waals surface area contributed by atoms with Crippen LogP contribution in [-0.2, 0) is 51.2 Å². The molecule has 44 heavy (non-hydrogen) atoms. The van der Waals surface area contributed by atoms with Crippen molar-refractivity contribution in [2.24, 2.45) is 0 Å². The lowest BCUT2D eigenvalue weighted by Crippen LogP contribution is -2.11. The highest BCUT2D eigenvalue weighted by Gasteiger charge is 2.08. The van der Waals surface area contributed by atoms with E-state index in [4.69, 9.17) is 5.11 Å². The zero-order valence-corrected chi connectivity index (χ0v) is 26.0. The van der Waals surface area contributed by atoms with Gasteiger partial charge in [0.25, 0.3) is 0 Å². The van der Waals surface area contributed by atoms with E-state index in [0.29, 0.717) is 31.4 Å². The molecule has 0 saturated carbocycles. The number of aryl methyl sites for hydroxylation is 2. The number of hydrogen-bond acceptors (Lipinski definition) is 8. The van der Waals surface area contributed by atoms with Gasteiger partial charge in [-0.1, -0.05) is 42.5 Å². The number of carbonyl (C=O) groups is 8. The Morgan fingerprint density at radius 2 is 0.977 bits per heavy atom. The molecule has 0 fully saturated rings. The number of nitrogens with one attached hydrogen (secondary N) is 1. The lowest BCUT2D eigenvalue weighted by Gasteiger charge is -2.06. The molecule has 0 aliphatic carbocycles. The normalized spacial score (nSPS) is 9.73. The third kappa shape index (κ3) is 24.0. The van der Waals surface area contributed by atoms with Crippen LogP contribution in [0.2, 0.25) is 0 Å². The maximum absolute atomic E-state index is 11.6. The number of amides is 1. The molecule has 0 bridgehead atoms. The number of hydrogen-bond donors (Lipinski definition) is 2. The molecule has 0 aliphatic rings. The lowest BCUT2D eigenvalue weighted by atomic mass is 10.0. The van der Waals surface area contributed by atoms with Gasteiger partial charge in [0.2, 0.25) is 5.91 Å². The first-order valence-electron chi connectivity index (χ1n) is 14.3. The second kappa shape index (κ2) is 22.9. The minimum atomic E-state index is -0.915. The molecule has 2 N–H and O–H groups in total. The first kappa shape index (κ1) is 39.4. The zero-order chi connectivity index (χ0) is 33.5. The Morgan fingerprint density at radius 3 is 1.36 bits per heavy atom. The van der Waals surface area contributed by atoms with Crippen molar-refractivity contribution in [1.29, 1.82) is 0 Å². The Bertz CT molecular complexity index is 1250. The monoisotopic (exact) mass is 609 g/mol. The summed E-state index contributed by atoms with van der Waals surface area (Å²) in [6.45, 7) is 5.65. The molecule has 0 aliphatic heterocycles. The highest BCUT2D eigenvalue weighted by Crippen LogP contribution is 2.12. The van der Waals surface area contributed by atoms with Crippen molar-refractivity contribution in [2.75, 3.05) is 5.32 Å². The molecule has 10 heteroatoms. The van der Waals surface area contributed by atoms with Crippen LogP contribution in [0.5, 0.6) is 0 Å². The van der Waals surface area contributed by atoms with Crippen LogP contribution in [0.1, 0.15) is 90.2 Å². The summed E-state index contributed by atoms with van der Waals surface area (Å²) in [6.07, 6.45) is 2.64. The molecule has 2 aromatic carbocycles. The third-order valence-electron chi connectivity index (χ3n) is 5.65. The summed E-state index contributed by atoms with van der Waals surface area (Å²) < 4.78 is 0. The van der Waals surface area contributed by atoms with Crippen LogP contribution in [0, 0.1) is 0 Å². The third-order valence-corrected chi connectivity index (χ3v) is 5.65. The first-order chi connectivity index (χ1) is 20.7. The number of ketones is 6. The van der Waals surface area contributed by atoms with Crippen LogP contribution in [-0.4, -0.2) is 51.7 Å². The standard InChI is InChI=1S/C17H21NO5.C12H14O2.C5H8O2/c1-12(19)11-15(20)10-7-13-5-8-14(9-6-13)18-16(21)3-2-4-17(22)23;1-10(13)9-12(14)8-7-11-5-3-2-4-6-11;1-4(6)3-5(2)7/h5-6,8-9H,2-4,7,10-11H2,1H3,(H,18,21)(H,22,23);2-6H,7-9H2,1H3;3H2,1-2H3. The fourth-order valence-electron chi connectivity index (χ4n) is 3.67. The summed E-state index contributed by atoms with van der Waals surface area (Å²) in [6, 6.07) is 16.9. The number of rotatable bonds is 17. The SMILES string of the molecule is CC(=O)CC(=O)CCc1ccc(NC(=O)CCCC(=O)O)cc1.CC(=O)CC(=O)CCc1ccccc1.CC(=O)CC(C)=O. The minimum absolute atomic E-state index is 0.0233. The summed E-state index contributed by atoms with van der Waals surface area (Å²) in [5.74, 6) is -1.49. The highest BCUT2D eigenvalue weighted by atomic mass is 16.4. The molecule has 0 atom stereocenters. The quantitative estimate of drug-likeness (QED) is 0.232. The van der Waals surface area contributed by atoms with Gasteiger partial charge in [0.05, 0.1) is 19.3 Å². The Hall–Kier alpha value is -4.60. The van der Waals surface area contributed by atoms with Crippen LogP contribution in [0.4, 0.5) is 5.69 Å². The van der Waals surface area contributed by atoms with Gasteiger partial charge in [0.15, 0.2) is 0 Å². The van der Waals surface area contributed by atoms with Gasteiger partial charge in [-0.25, -0.2) is 0 Å². The highest BCUT2D eigenvalue weighted by molar-refractivity contribution is 5.98. The van der Waals surface area contributed by atoms with E-state index in [1.54, 1.807) is 12.1 Å². The molecular formula is C34H43NO9. The second-order valence-electron chi connectivity index (χ2n) is 10.4. The van der Waals surface area contributed by atoms with E-state index in [9.17, 15) is 38.4 Å². The molecule has 238 valence electrons. The van der Waals surface area contributed by atoms with Crippen molar-refractivity contribution in [3.8, 4) is 0 Å². The van der Waals surface area contributed by atoms with Crippen molar-refractivity contribution in [3.05, 3.63) is 65.7 Å². The maximum Gasteiger partial charge on any atom is 0.303 e. The topological polar surface area (TPSA) is 169 Å². The molecule has 2 rings (SSSR count). The van der Waals surface area contributed by atoms with Crippen molar-refractivity contribution < 1.29 is 43.5 Å². The predicted octanol–water partition coefficient (Wildman–Crippen LogP) is 5.08. The van der Waals surface area contributed by atoms with E-state index in [1.165, 1.54) is 27.7 Å². The first-order valence-corrected chi connectivity index (χ1v) is 14.3. The Morgan fingerprint density at radius 1 is 0.545 bits per heavy atom. The van der Waals surface area contributed by atoms with E-state index in [1.807, 2.05) is 42.5 Å². The lowest BCUT2D eigenvalue weighted by molar-refractivity contribution is -0.137. The van der Waals surface area contributed by atoms with Crippen molar-refractivity contribution in [2.45, 2.75) is 91.9 Å². The van der Waals surface area contributed by atoms with Gasteiger partial charge in [-0.3, -0.25) is 38.4 Å². The van der Waals surface area contributed by atoms with E-state index >= 15 is 0 Å². The molecule has 1 amide bonds. The average molecular weight is 610 g/mol. The van der Waals surface area contributed by atoms with E-state index in [-0.39, 0.29) is 72.7 Å². The van der Waals surface area contributed by atoms with E-state index < -0.39 is 5.97 Å². The summed E-state index contributed by atoms with van der Waals surface area (Å²) in [7, 11) is 0. The molecular weight excluding hydrogens is 566 g/mol. The number of Topliss-reactive ketones (excluding diaryl/α,β-unsaturated/α-hetero) is 6. The van der Waals surface area contributed by atoms with Gasteiger partial charge in [-0.2, -0.15) is 0 Å². The van der Waals surface area contributed by atoms with Gasteiger partial charge in [0, 0.05) is 31.4 Å². The number of aliphatic carboxylic acids is 1. The average Bonchev–Trinajstić information content (AvgIpc) is 2.91. The Kier molecular flexibility index (Phi) is 20.5. The van der Waals surface area contributed by atoms with Gasteiger partial charge in [-0.05, 0) is 70.2 Å². The van der Waals surface area contributed by atoms with Gasteiger partial charge < -0.3 is 10.4 Å². The molecule has 2 aromatic rings. The van der Waals surface area contributed by atoms with Crippen molar-refractivity contribution >= 4 is 52.3 Å². The summed E-state index contributed by atoms with van der Waals surface area (Å²) in [5, 5.41) is 11.2. The summed E-state index contributed by atoms with van der Waals surface area (Å²) >= 11 is 0. The summed E-state index contributed by atoms with van der Waals surface area (Å²) in [4.78, 5) is 86.2. The molecule has 0 unspecified atom stereocenters. The predicted molar refractivity (Wildman–Crippen MR) is 166 cm³/mol. The number of anilines is 1. The van der Waals surface area contributed by atoms with E-state index in [0.717, 1.165) is 17.5 Å². The molecule has 10 nitrogen and oxygen atoms in total. The molecule has 0 saturated heterocycles. The fourth-order valence-corrected chi connectivity index (χ4v) is 3.67. The van der Waals surface area contributed by atoms with Crippen molar-refractivity contribution in [3.63, 3.8) is 0 Å². The number of benzene rings is 2. The van der Waals surface area contributed by atoms with Gasteiger partial charge in [0.1, 0.15) is 34.7 Å². The van der Waals surface area contributed by atoms with Gasteiger partial charge >= 0.3 is 5.97 Å². The second-order valence-corrected chi connectivity index (χ2v) is 10.4. The largest absolute Gasteiger partial charge is 0.481 e. The van der Waals surface area contributed by atoms with Crippen molar-refractivity contribution in [1.82, 2.24) is 0 Å². The van der Waals surface area contributed by atoms with Crippen LogP contribution < -0.4 is 5.32 Å². The molecule has 0 radical (unpaired) electrons. The smallest absolute Gasteiger partial charge is 0.303 e. The van der Waals surface area contributed by atoms with Gasteiger partial charge in [-0.15, -0.1) is 0 Å². The number of carboxylic acids is 1. The fraction of sp³-hybridized carbons (Fsp3) is 0.412. The number of carbonyl (C=O) groups excluding carboxylic acids is 7. The number of carboxylic acid groups (broad SMARTS) is 1. The molecule has 0 aromatic heterocycles. The van der Waals surface area contributed by atoms with Crippen LogP contribution in [0.15, 0.2) is 54.6 Å². The zero-order valence-electron chi connectivity index (χ0n) is 26.0.